The maximum Gasteiger partial charge on any atom is 0.130 e. The van der Waals surface area contributed by atoms with Gasteiger partial charge in [-0.25, -0.2) is 0 Å². The van der Waals surface area contributed by atoms with Crippen LogP contribution in [0.5, 0.6) is 5.75 Å². The van der Waals surface area contributed by atoms with Crippen LogP contribution in [0.25, 0.3) is 6.08 Å². The third-order valence-corrected chi connectivity index (χ3v) is 3.52. The van der Waals surface area contributed by atoms with Gasteiger partial charge >= 0.3 is 0 Å². The molecule has 2 rings (SSSR count). The third kappa shape index (κ3) is 2.59. The van der Waals surface area contributed by atoms with E-state index in [1.54, 1.807) is 0 Å². The van der Waals surface area contributed by atoms with Crippen molar-refractivity contribution in [1.82, 2.24) is 0 Å². The van der Waals surface area contributed by atoms with Gasteiger partial charge in [0.15, 0.2) is 0 Å². The summed E-state index contributed by atoms with van der Waals surface area (Å²) in [5.41, 5.74) is 9.18. The molecule has 1 aromatic carbocycles. The van der Waals surface area contributed by atoms with E-state index in [1.807, 2.05) is 0 Å². The molecule has 0 fully saturated rings. The lowest BCUT2D eigenvalue weighted by Gasteiger charge is -2.30. The molecule has 0 saturated carbocycles. The summed E-state index contributed by atoms with van der Waals surface area (Å²) >= 11 is 0. The number of aryl methyl sites for hydroxylation is 1. The van der Waals surface area contributed by atoms with Gasteiger partial charge in [-0.2, -0.15) is 0 Å². The van der Waals surface area contributed by atoms with E-state index in [9.17, 15) is 0 Å². The number of nitrogens with two attached hydrogens (primary N) is 1. The normalized spacial score (nSPS) is 18.1. The second-order valence-electron chi connectivity index (χ2n) is 5.77. The number of hydrogen-bond donors (Lipinski definition) is 1. The van der Waals surface area contributed by atoms with E-state index in [1.165, 1.54) is 16.7 Å². The second kappa shape index (κ2) is 4.77. The summed E-state index contributed by atoms with van der Waals surface area (Å²) in [7, 11) is 0. The van der Waals surface area contributed by atoms with E-state index >= 15 is 0 Å². The number of rotatable bonds is 3. The topological polar surface area (TPSA) is 35.2 Å². The van der Waals surface area contributed by atoms with E-state index < -0.39 is 0 Å². The molecule has 0 radical (unpaired) electrons. The molecule has 0 spiro atoms. The van der Waals surface area contributed by atoms with Gasteiger partial charge in [0.05, 0.1) is 0 Å². The van der Waals surface area contributed by atoms with Gasteiger partial charge in [-0.15, -0.1) is 0 Å². The Hall–Kier alpha value is -1.28. The third-order valence-electron chi connectivity index (χ3n) is 3.52. The number of benzene rings is 1. The Labute approximate surface area is 110 Å². The summed E-state index contributed by atoms with van der Waals surface area (Å²) in [5.74, 6) is 1.52. The number of ether oxygens (including phenoxy) is 1. The van der Waals surface area contributed by atoms with Crippen molar-refractivity contribution in [1.29, 1.82) is 0 Å². The van der Waals surface area contributed by atoms with Crippen LogP contribution in [-0.4, -0.2) is 12.1 Å². The van der Waals surface area contributed by atoms with Gasteiger partial charge in [0.2, 0.25) is 0 Å². The first-order valence-corrected chi connectivity index (χ1v) is 6.66. The lowest BCUT2D eigenvalue weighted by atomic mass is 9.91. The highest BCUT2D eigenvalue weighted by Gasteiger charge is 2.23. The standard InChI is InChI=1S/C16H23NO/c1-11(6-8-17)14-9-12(2)15-13(10-14)5-7-16(3,4)18-15/h5,7,9-11H,6,8,17H2,1-4H3. The fourth-order valence-electron chi connectivity index (χ4n) is 2.38. The average Bonchev–Trinajstić information content (AvgIpc) is 2.29. The molecular formula is C16H23NO. The molecule has 1 unspecified atom stereocenters. The predicted molar refractivity (Wildman–Crippen MR) is 77.0 cm³/mol. The summed E-state index contributed by atoms with van der Waals surface area (Å²) in [4.78, 5) is 0. The van der Waals surface area contributed by atoms with Gasteiger partial charge < -0.3 is 10.5 Å². The van der Waals surface area contributed by atoms with E-state index in [-0.39, 0.29) is 5.60 Å². The minimum atomic E-state index is -0.206. The molecule has 1 aromatic rings. The monoisotopic (exact) mass is 245 g/mol. The zero-order chi connectivity index (χ0) is 13.3. The molecule has 1 atom stereocenters. The fraction of sp³-hybridized carbons (Fsp3) is 0.500. The molecule has 98 valence electrons. The maximum atomic E-state index is 6.03. The highest BCUT2D eigenvalue weighted by atomic mass is 16.5. The summed E-state index contributed by atoms with van der Waals surface area (Å²) < 4.78 is 6.03. The zero-order valence-corrected chi connectivity index (χ0v) is 11.8. The van der Waals surface area contributed by atoms with Gasteiger partial charge in [0.1, 0.15) is 11.4 Å². The summed E-state index contributed by atoms with van der Waals surface area (Å²) in [6, 6.07) is 4.46. The van der Waals surface area contributed by atoms with Crippen LogP contribution in [0.15, 0.2) is 18.2 Å². The van der Waals surface area contributed by atoms with Gasteiger partial charge in [-0.1, -0.05) is 19.1 Å². The lowest BCUT2D eigenvalue weighted by molar-refractivity contribution is 0.157. The van der Waals surface area contributed by atoms with Crippen molar-refractivity contribution in [3.05, 3.63) is 34.9 Å². The summed E-state index contributed by atoms with van der Waals surface area (Å²) in [5, 5.41) is 0. The Morgan fingerprint density at radius 1 is 1.33 bits per heavy atom. The molecule has 2 heteroatoms. The Balaban J connectivity index is 2.39. The first-order chi connectivity index (χ1) is 8.43. The Bertz CT molecular complexity index is 474. The van der Waals surface area contributed by atoms with Gasteiger partial charge in [-0.3, -0.25) is 0 Å². The number of hydrogen-bond acceptors (Lipinski definition) is 2. The van der Waals surface area contributed by atoms with Gasteiger partial charge in [0.25, 0.3) is 0 Å². The largest absolute Gasteiger partial charge is 0.483 e. The van der Waals surface area contributed by atoms with Crippen molar-refractivity contribution in [2.24, 2.45) is 5.73 Å². The van der Waals surface area contributed by atoms with E-state index in [0.717, 1.165) is 18.7 Å². The smallest absolute Gasteiger partial charge is 0.130 e. The lowest BCUT2D eigenvalue weighted by Crippen LogP contribution is -2.28. The van der Waals surface area contributed by atoms with Crippen LogP contribution in [0, 0.1) is 6.92 Å². The minimum absolute atomic E-state index is 0.206. The van der Waals surface area contributed by atoms with Crippen LogP contribution >= 0.6 is 0 Å². The summed E-state index contributed by atoms with van der Waals surface area (Å²) in [6.45, 7) is 9.24. The molecule has 1 aliphatic heterocycles. The van der Waals surface area contributed by atoms with Crippen LogP contribution in [0.1, 0.15) is 49.8 Å². The van der Waals surface area contributed by atoms with Crippen molar-refractivity contribution >= 4 is 6.08 Å². The summed E-state index contributed by atoms with van der Waals surface area (Å²) in [6.07, 6.45) is 5.31. The first-order valence-electron chi connectivity index (χ1n) is 6.66. The highest BCUT2D eigenvalue weighted by Crippen LogP contribution is 2.36. The molecule has 18 heavy (non-hydrogen) atoms. The quantitative estimate of drug-likeness (QED) is 0.882. The molecule has 2 N–H and O–H groups in total. The molecule has 0 amide bonds. The molecule has 0 bridgehead atoms. The van der Waals surface area contributed by atoms with Crippen molar-refractivity contribution < 1.29 is 4.74 Å². The van der Waals surface area contributed by atoms with E-state index in [4.69, 9.17) is 10.5 Å². The van der Waals surface area contributed by atoms with Crippen LogP contribution in [0.3, 0.4) is 0 Å². The Morgan fingerprint density at radius 2 is 2.06 bits per heavy atom. The van der Waals surface area contributed by atoms with Crippen molar-refractivity contribution in [2.75, 3.05) is 6.54 Å². The molecule has 0 saturated heterocycles. The van der Waals surface area contributed by atoms with Crippen molar-refractivity contribution in [2.45, 2.75) is 45.6 Å². The minimum Gasteiger partial charge on any atom is -0.483 e. The first kappa shape index (κ1) is 13.2. The van der Waals surface area contributed by atoms with Gasteiger partial charge in [-0.05, 0) is 62.9 Å². The van der Waals surface area contributed by atoms with E-state index in [2.05, 4.69) is 52.0 Å². The molecular weight excluding hydrogens is 222 g/mol. The SMILES string of the molecule is Cc1cc(C(C)CCN)cc2c1OC(C)(C)C=C2. The predicted octanol–water partition coefficient (Wildman–Crippen LogP) is 3.63. The number of fused-ring (bicyclic) bond motifs is 1. The van der Waals surface area contributed by atoms with Crippen molar-refractivity contribution in [3.63, 3.8) is 0 Å². The molecule has 1 aliphatic rings. The molecule has 0 aliphatic carbocycles. The van der Waals surface area contributed by atoms with Gasteiger partial charge in [0, 0.05) is 5.56 Å². The molecule has 2 nitrogen and oxygen atoms in total. The average molecular weight is 245 g/mol. The van der Waals surface area contributed by atoms with Crippen LogP contribution in [-0.2, 0) is 0 Å². The maximum absolute atomic E-state index is 6.03. The Kier molecular flexibility index (Phi) is 3.49. The molecule has 0 aromatic heterocycles. The Morgan fingerprint density at radius 3 is 2.72 bits per heavy atom. The second-order valence-corrected chi connectivity index (χ2v) is 5.77. The zero-order valence-electron chi connectivity index (χ0n) is 11.8. The van der Waals surface area contributed by atoms with Crippen LogP contribution in [0.2, 0.25) is 0 Å². The van der Waals surface area contributed by atoms with Crippen LogP contribution in [0.4, 0.5) is 0 Å². The fourth-order valence-corrected chi connectivity index (χ4v) is 2.38. The highest BCUT2D eigenvalue weighted by molar-refractivity contribution is 5.64. The molecule has 1 heterocycles. The van der Waals surface area contributed by atoms with Crippen LogP contribution < -0.4 is 10.5 Å². The van der Waals surface area contributed by atoms with Crippen molar-refractivity contribution in [3.8, 4) is 5.75 Å². The van der Waals surface area contributed by atoms with E-state index in [0.29, 0.717) is 5.92 Å².